The molecule has 0 bridgehead atoms. The van der Waals surface area contributed by atoms with Crippen LogP contribution in [0.5, 0.6) is 0 Å². The summed E-state index contributed by atoms with van der Waals surface area (Å²) in [7, 11) is 0. The fraction of sp³-hybridized carbons (Fsp3) is 0.286. The van der Waals surface area contributed by atoms with Crippen LogP contribution in [0.2, 0.25) is 0 Å². The molecule has 0 heterocycles. The van der Waals surface area contributed by atoms with Gasteiger partial charge in [-0.05, 0) is 38.1 Å². The van der Waals surface area contributed by atoms with Crippen molar-refractivity contribution in [1.29, 1.82) is 0 Å². The highest BCUT2D eigenvalue weighted by Crippen LogP contribution is 2.08. The van der Waals surface area contributed by atoms with Crippen molar-refractivity contribution >= 4 is 23.9 Å². The number of hydrogen-bond donors (Lipinski definition) is 2. The van der Waals surface area contributed by atoms with Crippen LogP contribution in [0.1, 0.15) is 34.6 Å². The first-order valence-electron chi connectivity index (χ1n) is 6.35. The van der Waals surface area contributed by atoms with E-state index in [9.17, 15) is 19.2 Å². The minimum atomic E-state index is -0.928. The number of esters is 4. The van der Waals surface area contributed by atoms with Crippen LogP contribution in [-0.4, -0.2) is 36.0 Å². The van der Waals surface area contributed by atoms with Crippen molar-refractivity contribution in [3.63, 3.8) is 0 Å². The van der Waals surface area contributed by atoms with Crippen LogP contribution in [0.25, 0.3) is 0 Å². The lowest BCUT2D eigenvalue weighted by atomic mass is 10.1. The van der Waals surface area contributed by atoms with Gasteiger partial charge in [0.2, 0.25) is 0 Å². The number of benzene rings is 1. The number of rotatable bonds is 4. The van der Waals surface area contributed by atoms with E-state index >= 15 is 0 Å². The molecule has 0 unspecified atom stereocenters. The lowest BCUT2D eigenvalue weighted by Gasteiger charge is -2.07. The average molecular weight is 308 g/mol. The number of ether oxygens (including phenoxy) is 2. The number of hydrogen-bond acceptors (Lipinski definition) is 8. The molecule has 0 spiro atoms. The van der Waals surface area contributed by atoms with E-state index in [-0.39, 0.29) is 11.1 Å². The Balaban J connectivity index is 2.74. The summed E-state index contributed by atoms with van der Waals surface area (Å²) in [6, 6.07) is 3.16. The van der Waals surface area contributed by atoms with Crippen molar-refractivity contribution in [2.24, 2.45) is 11.5 Å². The highest BCUT2D eigenvalue weighted by atomic mass is 16.6. The first kappa shape index (κ1) is 17.5. The topological polar surface area (TPSA) is 139 Å². The Morgan fingerprint density at radius 1 is 0.773 bits per heavy atom. The molecule has 8 heteroatoms. The lowest BCUT2D eigenvalue weighted by molar-refractivity contribution is -0.140. The molecule has 8 nitrogen and oxygen atoms in total. The molecular formula is C14H16N2O6. The van der Waals surface area contributed by atoms with Crippen molar-refractivity contribution in [3.05, 3.63) is 35.4 Å². The minimum Gasteiger partial charge on any atom is -0.388 e. The molecule has 0 aromatic heterocycles. The van der Waals surface area contributed by atoms with Crippen molar-refractivity contribution < 1.29 is 28.7 Å². The summed E-state index contributed by atoms with van der Waals surface area (Å²) in [6.45, 7) is 2.76. The number of nitrogens with two attached hydrogens (primary N) is 2. The molecule has 1 rings (SSSR count). The van der Waals surface area contributed by atoms with Gasteiger partial charge in [-0.2, -0.15) is 0 Å². The molecule has 0 saturated heterocycles. The Bertz CT molecular complexity index is 539. The van der Waals surface area contributed by atoms with E-state index in [1.807, 2.05) is 0 Å². The van der Waals surface area contributed by atoms with Gasteiger partial charge in [-0.15, -0.1) is 0 Å². The zero-order chi connectivity index (χ0) is 16.9. The Labute approximate surface area is 126 Å². The van der Waals surface area contributed by atoms with Crippen LogP contribution in [0.15, 0.2) is 24.3 Å². The zero-order valence-electron chi connectivity index (χ0n) is 12.1. The maximum Gasteiger partial charge on any atom is 0.345 e. The van der Waals surface area contributed by atoms with Gasteiger partial charge in [0, 0.05) is 0 Å². The van der Waals surface area contributed by atoms with Crippen LogP contribution in [-0.2, 0) is 19.1 Å². The van der Waals surface area contributed by atoms with E-state index in [0.29, 0.717) is 0 Å². The summed E-state index contributed by atoms with van der Waals surface area (Å²) in [5.41, 5.74) is 10.6. The van der Waals surface area contributed by atoms with E-state index in [4.69, 9.17) is 11.5 Å². The maximum absolute atomic E-state index is 11.6. The Morgan fingerprint density at radius 3 is 1.27 bits per heavy atom. The van der Waals surface area contributed by atoms with Gasteiger partial charge in [-0.25, -0.2) is 19.2 Å². The highest BCUT2D eigenvalue weighted by Gasteiger charge is 2.19. The van der Waals surface area contributed by atoms with Crippen LogP contribution in [0.4, 0.5) is 0 Å². The molecule has 0 fully saturated rings. The van der Waals surface area contributed by atoms with Crippen LogP contribution in [0.3, 0.4) is 0 Å². The average Bonchev–Trinajstić information content (AvgIpc) is 2.46. The summed E-state index contributed by atoms with van der Waals surface area (Å²) >= 11 is 0. The van der Waals surface area contributed by atoms with Crippen molar-refractivity contribution in [2.75, 3.05) is 0 Å². The second-order valence-electron chi connectivity index (χ2n) is 4.57. The summed E-state index contributed by atoms with van der Waals surface area (Å²) in [6.07, 6.45) is 0. The normalized spacial score (nSPS) is 12.9. The van der Waals surface area contributed by atoms with Gasteiger partial charge in [-0.1, -0.05) is 0 Å². The quantitative estimate of drug-likeness (QED) is 0.573. The third-order valence-corrected chi connectivity index (χ3v) is 2.49. The molecular weight excluding hydrogens is 292 g/mol. The van der Waals surface area contributed by atoms with Crippen LogP contribution >= 0.6 is 0 Å². The minimum absolute atomic E-state index is 0.0454. The molecule has 4 N–H and O–H groups in total. The largest absolute Gasteiger partial charge is 0.388 e. The smallest absolute Gasteiger partial charge is 0.345 e. The van der Waals surface area contributed by atoms with Crippen molar-refractivity contribution in [1.82, 2.24) is 0 Å². The predicted octanol–water partition coefficient (Wildman–Crippen LogP) is -0.252. The highest BCUT2D eigenvalue weighted by molar-refractivity contribution is 6.00. The zero-order valence-corrected chi connectivity index (χ0v) is 12.1. The standard InChI is InChI=1S/C14H16N2O6/c1-7(15)11(17)21-13(19)9-3-5-10(6-4-9)14(20)22-12(18)8(2)16/h3-8H,15-16H2,1-2H3/t7-,8-/m0/s1. The maximum atomic E-state index is 11.6. The second-order valence-corrected chi connectivity index (χ2v) is 4.57. The summed E-state index contributed by atoms with van der Waals surface area (Å²) < 4.78 is 9.01. The second kappa shape index (κ2) is 7.43. The molecule has 1 aromatic rings. The molecule has 0 aliphatic rings. The van der Waals surface area contributed by atoms with E-state index in [1.54, 1.807) is 0 Å². The van der Waals surface area contributed by atoms with Gasteiger partial charge in [0.15, 0.2) is 0 Å². The fourth-order valence-electron chi connectivity index (χ4n) is 1.23. The Hall–Kier alpha value is -2.58. The van der Waals surface area contributed by atoms with Crippen molar-refractivity contribution in [3.8, 4) is 0 Å². The molecule has 0 saturated carbocycles. The third-order valence-electron chi connectivity index (χ3n) is 2.49. The first-order chi connectivity index (χ1) is 10.2. The SMILES string of the molecule is C[C@H](N)C(=O)OC(=O)c1ccc(C(=O)OC(=O)[C@H](C)N)cc1. The van der Waals surface area contributed by atoms with Gasteiger partial charge >= 0.3 is 23.9 Å². The number of carbonyl (C=O) groups is 4. The molecule has 0 radical (unpaired) electrons. The van der Waals surface area contributed by atoms with Gasteiger partial charge < -0.3 is 20.9 Å². The Morgan fingerprint density at radius 2 is 1.05 bits per heavy atom. The molecule has 118 valence electrons. The van der Waals surface area contributed by atoms with E-state index in [2.05, 4.69) is 9.47 Å². The van der Waals surface area contributed by atoms with Crippen LogP contribution < -0.4 is 11.5 Å². The monoisotopic (exact) mass is 308 g/mol. The predicted molar refractivity (Wildman–Crippen MR) is 74.6 cm³/mol. The molecule has 0 aliphatic carbocycles. The fourth-order valence-corrected chi connectivity index (χ4v) is 1.23. The van der Waals surface area contributed by atoms with Crippen molar-refractivity contribution in [2.45, 2.75) is 25.9 Å². The molecule has 1 aromatic carbocycles. The van der Waals surface area contributed by atoms with E-state index < -0.39 is 36.0 Å². The van der Waals surface area contributed by atoms with Gasteiger partial charge in [0.05, 0.1) is 11.1 Å². The summed E-state index contributed by atoms with van der Waals surface area (Å²) in [5, 5.41) is 0. The Kier molecular flexibility index (Phi) is 5.90. The summed E-state index contributed by atoms with van der Waals surface area (Å²) in [5.74, 6) is -3.52. The lowest BCUT2D eigenvalue weighted by Crippen LogP contribution is -2.31. The van der Waals surface area contributed by atoms with Gasteiger partial charge in [0.25, 0.3) is 0 Å². The van der Waals surface area contributed by atoms with Gasteiger partial charge in [0.1, 0.15) is 12.1 Å². The molecule has 0 amide bonds. The third kappa shape index (κ3) is 4.76. The molecule has 2 atom stereocenters. The summed E-state index contributed by atoms with van der Waals surface area (Å²) in [4.78, 5) is 45.6. The van der Waals surface area contributed by atoms with Gasteiger partial charge in [-0.3, -0.25) is 0 Å². The van der Waals surface area contributed by atoms with E-state index in [0.717, 1.165) is 0 Å². The first-order valence-corrected chi connectivity index (χ1v) is 6.35. The molecule has 0 aliphatic heterocycles. The number of carbonyl (C=O) groups excluding carboxylic acids is 4. The molecule has 22 heavy (non-hydrogen) atoms. The van der Waals surface area contributed by atoms with Crippen LogP contribution in [0, 0.1) is 0 Å². The van der Waals surface area contributed by atoms with E-state index in [1.165, 1.54) is 38.1 Å².